The molecule has 3 saturated carbocycles. The van der Waals surface area contributed by atoms with Crippen LogP contribution in [0.4, 0.5) is 0 Å². The molecule has 4 aliphatic carbocycles. The normalized spacial score (nSPS) is 41.4. The summed E-state index contributed by atoms with van der Waals surface area (Å²) in [5.74, 6) is 4.34. The van der Waals surface area contributed by atoms with E-state index in [0.29, 0.717) is 24.2 Å². The zero-order chi connectivity index (χ0) is 28.2. The van der Waals surface area contributed by atoms with Gasteiger partial charge >= 0.3 is 5.97 Å². The van der Waals surface area contributed by atoms with Gasteiger partial charge in [-0.25, -0.2) is 0 Å². The number of nitrogens with one attached hydrogen (secondary N) is 1. The highest BCUT2D eigenvalue weighted by Gasteiger charge is 2.67. The minimum atomic E-state index is -0.0926. The summed E-state index contributed by atoms with van der Waals surface area (Å²) in [6, 6.07) is 0. The Bertz CT molecular complexity index is 1050. The molecule has 0 aromatic rings. The van der Waals surface area contributed by atoms with Crippen molar-refractivity contribution in [3.63, 3.8) is 0 Å². The van der Waals surface area contributed by atoms with E-state index >= 15 is 0 Å². The lowest BCUT2D eigenvalue weighted by Crippen LogP contribution is -2.50. The van der Waals surface area contributed by atoms with Crippen LogP contribution in [0.25, 0.3) is 0 Å². The summed E-state index contributed by atoms with van der Waals surface area (Å²) in [6.07, 6.45) is 14.0. The van der Waals surface area contributed by atoms with Crippen LogP contribution < -0.4 is 5.32 Å². The Morgan fingerprint density at radius 1 is 1.18 bits per heavy atom. The number of hydrogen-bond acceptors (Lipinski definition) is 4. The quantitative estimate of drug-likeness (QED) is 0.256. The van der Waals surface area contributed by atoms with Gasteiger partial charge in [0.15, 0.2) is 0 Å². The highest BCUT2D eigenvalue weighted by Crippen LogP contribution is 2.71. The van der Waals surface area contributed by atoms with Gasteiger partial charge in [-0.05, 0) is 105 Å². The van der Waals surface area contributed by atoms with E-state index in [1.165, 1.54) is 30.6 Å². The SMILES string of the molecule is CCCC(=O)O[C@H]1CC[C@@]2(C)C(=CC[C@@H]3[C@H]4C[C@]5(C)OC(CC[C@@H](C)CNC(C)=O)=C(C)[C@H]5[C@@]4(C)CC[C@H]32)C1. The number of esters is 1. The van der Waals surface area contributed by atoms with Crippen molar-refractivity contribution in [2.45, 2.75) is 131 Å². The molecule has 0 spiro atoms. The van der Waals surface area contributed by atoms with Crippen molar-refractivity contribution in [1.82, 2.24) is 5.32 Å². The van der Waals surface area contributed by atoms with Crippen molar-refractivity contribution < 1.29 is 19.1 Å². The fourth-order valence-electron chi connectivity index (χ4n) is 10.1. The summed E-state index contributed by atoms with van der Waals surface area (Å²) in [7, 11) is 0. The van der Waals surface area contributed by atoms with E-state index in [2.05, 4.69) is 46.0 Å². The monoisotopic (exact) mass is 539 g/mol. The van der Waals surface area contributed by atoms with Crippen LogP contribution in [-0.4, -0.2) is 30.1 Å². The maximum Gasteiger partial charge on any atom is 0.306 e. The van der Waals surface area contributed by atoms with Crippen LogP contribution in [0.3, 0.4) is 0 Å². The largest absolute Gasteiger partial charge is 0.491 e. The van der Waals surface area contributed by atoms with Crippen molar-refractivity contribution in [1.29, 1.82) is 0 Å². The smallest absolute Gasteiger partial charge is 0.306 e. The third kappa shape index (κ3) is 4.99. The van der Waals surface area contributed by atoms with Crippen molar-refractivity contribution >= 4 is 11.9 Å². The molecular formula is C34H53NO4. The predicted molar refractivity (Wildman–Crippen MR) is 155 cm³/mol. The van der Waals surface area contributed by atoms with E-state index in [9.17, 15) is 9.59 Å². The standard InChI is InChI=1S/C34H53NO4/c1-8-9-30(37)38-25-14-16-32(5)24(18-25)11-12-26-27(32)15-17-33(6)28(26)19-34(7)31(33)22(3)29(39-34)13-10-21(2)20-35-23(4)36/h11,21,25-28,31H,8-10,12-20H2,1-7H3,(H,35,36)/t21-,25+,26+,27-,28-,31+,32+,33+,34+/m1/s1. The zero-order valence-electron chi connectivity index (χ0n) is 25.7. The molecule has 1 N–H and O–H groups in total. The molecule has 5 rings (SSSR count). The Balaban J connectivity index is 1.30. The second-order valence-corrected chi connectivity index (χ2v) is 14.6. The average molecular weight is 540 g/mol. The van der Waals surface area contributed by atoms with Gasteiger partial charge in [0.2, 0.25) is 5.91 Å². The fraction of sp³-hybridized carbons (Fsp3) is 0.824. The molecule has 5 aliphatic rings. The number of amides is 1. The summed E-state index contributed by atoms with van der Waals surface area (Å²) in [6.45, 7) is 16.5. The predicted octanol–water partition coefficient (Wildman–Crippen LogP) is 7.50. The molecule has 0 radical (unpaired) electrons. The molecule has 0 bridgehead atoms. The number of allylic oxidation sites excluding steroid dienone is 2. The molecule has 3 fully saturated rings. The Hall–Kier alpha value is -1.78. The van der Waals surface area contributed by atoms with Gasteiger partial charge in [0.25, 0.3) is 0 Å². The van der Waals surface area contributed by atoms with E-state index in [-0.39, 0.29) is 34.4 Å². The van der Waals surface area contributed by atoms with Crippen LogP contribution in [0.1, 0.15) is 119 Å². The zero-order valence-corrected chi connectivity index (χ0v) is 25.7. The van der Waals surface area contributed by atoms with Crippen molar-refractivity contribution in [2.24, 2.45) is 40.4 Å². The average Bonchev–Trinajstić information content (AvgIpc) is 3.27. The van der Waals surface area contributed by atoms with Gasteiger partial charge in [0.05, 0.1) is 5.76 Å². The first-order valence-electron chi connectivity index (χ1n) is 15.9. The first kappa shape index (κ1) is 28.7. The van der Waals surface area contributed by atoms with Gasteiger partial charge in [0.1, 0.15) is 11.7 Å². The van der Waals surface area contributed by atoms with Crippen LogP contribution in [0, 0.1) is 40.4 Å². The molecule has 0 saturated heterocycles. The van der Waals surface area contributed by atoms with Gasteiger partial charge in [-0.1, -0.05) is 39.3 Å². The molecule has 39 heavy (non-hydrogen) atoms. The molecule has 1 heterocycles. The van der Waals surface area contributed by atoms with Crippen LogP contribution in [0.5, 0.6) is 0 Å². The van der Waals surface area contributed by atoms with Crippen LogP contribution in [0.2, 0.25) is 0 Å². The third-order valence-corrected chi connectivity index (χ3v) is 11.9. The Morgan fingerprint density at radius 3 is 2.67 bits per heavy atom. The summed E-state index contributed by atoms with van der Waals surface area (Å²) in [4.78, 5) is 23.5. The van der Waals surface area contributed by atoms with Gasteiger partial charge in [0, 0.05) is 38.6 Å². The van der Waals surface area contributed by atoms with Gasteiger partial charge < -0.3 is 14.8 Å². The summed E-state index contributed by atoms with van der Waals surface area (Å²) >= 11 is 0. The van der Waals surface area contributed by atoms with Gasteiger partial charge in [-0.15, -0.1) is 0 Å². The Labute approximate surface area is 236 Å². The number of rotatable bonds is 8. The second kappa shape index (κ2) is 10.6. The lowest BCUT2D eigenvalue weighted by molar-refractivity contribution is -0.151. The highest BCUT2D eigenvalue weighted by molar-refractivity contribution is 5.72. The molecule has 1 aliphatic heterocycles. The molecule has 0 aromatic carbocycles. The highest BCUT2D eigenvalue weighted by atomic mass is 16.5. The van der Waals surface area contributed by atoms with Crippen molar-refractivity contribution in [2.75, 3.05) is 6.54 Å². The number of ether oxygens (including phenoxy) is 2. The molecule has 1 amide bonds. The van der Waals surface area contributed by atoms with E-state index in [0.717, 1.165) is 63.3 Å². The minimum absolute atomic E-state index is 0.0236. The lowest BCUT2D eigenvalue weighted by Gasteiger charge is -2.58. The van der Waals surface area contributed by atoms with Crippen molar-refractivity contribution in [3.8, 4) is 0 Å². The maximum atomic E-state index is 12.2. The van der Waals surface area contributed by atoms with E-state index in [1.54, 1.807) is 12.5 Å². The Morgan fingerprint density at radius 2 is 1.95 bits per heavy atom. The van der Waals surface area contributed by atoms with Crippen LogP contribution >= 0.6 is 0 Å². The molecule has 0 unspecified atom stereocenters. The number of carbonyl (C=O) groups is 2. The summed E-state index contributed by atoms with van der Waals surface area (Å²) < 4.78 is 12.8. The van der Waals surface area contributed by atoms with Crippen molar-refractivity contribution in [3.05, 3.63) is 23.0 Å². The first-order valence-corrected chi connectivity index (χ1v) is 15.9. The maximum absolute atomic E-state index is 12.2. The number of carbonyl (C=O) groups excluding carboxylic acids is 2. The lowest BCUT2D eigenvalue weighted by atomic mass is 9.47. The van der Waals surface area contributed by atoms with Crippen LogP contribution in [0.15, 0.2) is 23.0 Å². The minimum Gasteiger partial charge on any atom is -0.491 e. The second-order valence-electron chi connectivity index (χ2n) is 14.6. The molecule has 0 aromatic heterocycles. The molecule has 9 atom stereocenters. The molecule has 218 valence electrons. The summed E-state index contributed by atoms with van der Waals surface area (Å²) in [5, 5.41) is 2.96. The van der Waals surface area contributed by atoms with Crippen LogP contribution in [-0.2, 0) is 19.1 Å². The number of fused-ring (bicyclic) bond motifs is 7. The van der Waals surface area contributed by atoms with Gasteiger partial charge in [-0.3, -0.25) is 9.59 Å². The summed E-state index contributed by atoms with van der Waals surface area (Å²) in [5.41, 5.74) is 3.51. The van der Waals surface area contributed by atoms with E-state index < -0.39 is 0 Å². The molecular weight excluding hydrogens is 486 g/mol. The Kier molecular flexibility index (Phi) is 7.78. The molecule has 5 heteroatoms. The topological polar surface area (TPSA) is 64.6 Å². The van der Waals surface area contributed by atoms with E-state index in [4.69, 9.17) is 9.47 Å². The fourth-order valence-corrected chi connectivity index (χ4v) is 10.1. The molecule has 5 nitrogen and oxygen atoms in total. The first-order chi connectivity index (χ1) is 18.4. The number of hydrogen-bond donors (Lipinski definition) is 1. The third-order valence-electron chi connectivity index (χ3n) is 11.9. The van der Waals surface area contributed by atoms with Gasteiger partial charge in [-0.2, -0.15) is 0 Å². The van der Waals surface area contributed by atoms with E-state index in [1.807, 2.05) is 6.92 Å².